The second kappa shape index (κ2) is 12.3. The van der Waals surface area contributed by atoms with Gasteiger partial charge in [-0.05, 0) is 54.1 Å². The van der Waals surface area contributed by atoms with Crippen molar-refractivity contribution < 1.29 is 29.4 Å². The van der Waals surface area contributed by atoms with Gasteiger partial charge < -0.3 is 20.8 Å². The summed E-state index contributed by atoms with van der Waals surface area (Å²) in [7, 11) is 0. The summed E-state index contributed by atoms with van der Waals surface area (Å²) in [6.45, 7) is 0. The van der Waals surface area contributed by atoms with Gasteiger partial charge in [-0.25, -0.2) is 0 Å². The van der Waals surface area contributed by atoms with Gasteiger partial charge >= 0.3 is 11.9 Å². The minimum absolute atomic E-state index is 0.0787. The lowest BCUT2D eigenvalue weighted by molar-refractivity contribution is -0.138. The van der Waals surface area contributed by atoms with E-state index in [4.69, 9.17) is 10.2 Å². The first-order valence-electron chi connectivity index (χ1n) is 9.73. The summed E-state index contributed by atoms with van der Waals surface area (Å²) in [5.41, 5.74) is 2.77. The molecule has 0 aliphatic heterocycles. The van der Waals surface area contributed by atoms with Crippen molar-refractivity contribution in [1.29, 1.82) is 0 Å². The molecule has 0 atom stereocenters. The van der Waals surface area contributed by atoms with Crippen LogP contribution in [0.1, 0.15) is 36.8 Å². The van der Waals surface area contributed by atoms with Crippen molar-refractivity contribution >= 4 is 41.2 Å². The maximum absolute atomic E-state index is 11.6. The molecule has 0 aliphatic carbocycles. The van der Waals surface area contributed by atoms with E-state index in [2.05, 4.69) is 22.5 Å². The maximum Gasteiger partial charge on any atom is 0.303 e. The van der Waals surface area contributed by atoms with Crippen LogP contribution >= 0.6 is 0 Å². The van der Waals surface area contributed by atoms with Gasteiger partial charge in [-0.1, -0.05) is 24.0 Å². The molecule has 0 aliphatic rings. The Morgan fingerprint density at radius 3 is 1.66 bits per heavy atom. The monoisotopic (exact) mass is 434 g/mol. The van der Waals surface area contributed by atoms with Gasteiger partial charge in [0.15, 0.2) is 0 Å². The smallest absolute Gasteiger partial charge is 0.303 e. The van der Waals surface area contributed by atoms with Crippen molar-refractivity contribution in [3.63, 3.8) is 0 Å². The first-order valence-corrected chi connectivity index (χ1v) is 9.73. The molecule has 0 aromatic heterocycles. The zero-order valence-electron chi connectivity index (χ0n) is 17.1. The Balaban J connectivity index is 1.84. The van der Waals surface area contributed by atoms with Crippen LogP contribution < -0.4 is 10.6 Å². The van der Waals surface area contributed by atoms with Gasteiger partial charge in [-0.2, -0.15) is 0 Å². The minimum Gasteiger partial charge on any atom is -0.481 e. The van der Waals surface area contributed by atoms with Gasteiger partial charge in [0.05, 0.1) is 12.8 Å². The van der Waals surface area contributed by atoms with Gasteiger partial charge in [-0.3, -0.25) is 19.2 Å². The first kappa shape index (κ1) is 23.9. The van der Waals surface area contributed by atoms with Crippen LogP contribution in [-0.4, -0.2) is 34.0 Å². The number of hydrogen-bond acceptors (Lipinski definition) is 4. The molecular weight excluding hydrogens is 412 g/mol. The first-order chi connectivity index (χ1) is 15.3. The van der Waals surface area contributed by atoms with Crippen molar-refractivity contribution in [1.82, 2.24) is 0 Å². The average Bonchev–Trinajstić information content (AvgIpc) is 2.76. The van der Waals surface area contributed by atoms with Crippen molar-refractivity contribution in [3.05, 3.63) is 65.7 Å². The van der Waals surface area contributed by atoms with Crippen molar-refractivity contribution in [2.45, 2.75) is 25.7 Å². The Labute approximate surface area is 185 Å². The van der Waals surface area contributed by atoms with Crippen LogP contribution in [0, 0.1) is 11.8 Å². The van der Waals surface area contributed by atoms with Crippen LogP contribution in [0.3, 0.4) is 0 Å². The summed E-state index contributed by atoms with van der Waals surface area (Å²) >= 11 is 0. The zero-order chi connectivity index (χ0) is 23.3. The molecule has 0 unspecified atom stereocenters. The molecule has 0 saturated carbocycles. The summed E-state index contributed by atoms with van der Waals surface area (Å²) in [6, 6.07) is 13.9. The third kappa shape index (κ3) is 9.41. The van der Waals surface area contributed by atoms with E-state index < -0.39 is 11.9 Å². The molecule has 0 radical (unpaired) electrons. The van der Waals surface area contributed by atoms with Gasteiger partial charge in [0.25, 0.3) is 0 Å². The molecule has 32 heavy (non-hydrogen) atoms. The van der Waals surface area contributed by atoms with Crippen LogP contribution in [-0.2, 0) is 19.2 Å². The molecule has 2 amide bonds. The third-order valence-electron chi connectivity index (χ3n) is 4.07. The highest BCUT2D eigenvalue weighted by Crippen LogP contribution is 2.12. The van der Waals surface area contributed by atoms with Crippen LogP contribution in [0.15, 0.2) is 54.6 Å². The van der Waals surface area contributed by atoms with Crippen LogP contribution in [0.25, 0.3) is 6.08 Å². The molecule has 164 valence electrons. The highest BCUT2D eigenvalue weighted by molar-refractivity contribution is 5.93. The van der Waals surface area contributed by atoms with Crippen LogP contribution in [0.4, 0.5) is 11.4 Å². The van der Waals surface area contributed by atoms with Crippen LogP contribution in [0.5, 0.6) is 0 Å². The second-order valence-corrected chi connectivity index (χ2v) is 6.69. The number of carbonyl (C=O) groups excluding carboxylic acids is 2. The topological polar surface area (TPSA) is 133 Å². The Morgan fingerprint density at radius 2 is 1.19 bits per heavy atom. The van der Waals surface area contributed by atoms with E-state index in [-0.39, 0.29) is 37.5 Å². The molecule has 0 spiro atoms. The number of amides is 2. The Kier molecular flexibility index (Phi) is 9.22. The number of nitrogens with one attached hydrogen (secondary N) is 2. The minimum atomic E-state index is -1.02. The molecule has 2 rings (SSSR count). The van der Waals surface area contributed by atoms with Crippen LogP contribution in [0.2, 0.25) is 0 Å². The number of carboxylic acid groups (broad SMARTS) is 2. The molecule has 2 aromatic carbocycles. The second-order valence-electron chi connectivity index (χ2n) is 6.69. The summed E-state index contributed by atoms with van der Waals surface area (Å²) in [5, 5.41) is 22.4. The molecule has 0 fully saturated rings. The van der Waals surface area contributed by atoms with E-state index in [1.54, 1.807) is 60.7 Å². The molecule has 8 heteroatoms. The van der Waals surface area contributed by atoms with E-state index in [0.717, 1.165) is 11.1 Å². The number of allylic oxidation sites excluding steroid dienone is 1. The largest absolute Gasteiger partial charge is 0.481 e. The number of aliphatic carboxylic acids is 2. The molecule has 0 bridgehead atoms. The molecule has 0 saturated heterocycles. The van der Waals surface area contributed by atoms with Gasteiger partial charge in [0.2, 0.25) is 11.8 Å². The fourth-order valence-electron chi connectivity index (χ4n) is 2.47. The predicted octanol–water partition coefficient (Wildman–Crippen LogP) is 3.36. The number of benzene rings is 2. The lowest BCUT2D eigenvalue weighted by Gasteiger charge is -2.04. The molecule has 4 N–H and O–H groups in total. The average molecular weight is 434 g/mol. The zero-order valence-corrected chi connectivity index (χ0v) is 17.1. The standard InChI is InChI=1S/C24H22N2O6/c27-21(13-15-23(29)30)25-19-9-5-17(6-10-19)3-1-2-4-18-7-11-20(12-8-18)26-22(28)14-16-24(31)32/h1,3,5-12H,13-16H2,(H,25,27)(H,26,28)(H,29,30)(H,31,32)/b3-1+. The highest BCUT2D eigenvalue weighted by Gasteiger charge is 2.06. The number of carbonyl (C=O) groups is 4. The SMILES string of the molecule is O=C(O)CCC(=O)Nc1ccc(C#C/C=C/c2ccc(NC(=O)CCC(=O)O)cc2)cc1. The Hall–Kier alpha value is -4.38. The van der Waals surface area contributed by atoms with E-state index in [0.29, 0.717) is 11.4 Å². The molecule has 2 aromatic rings. The molecular formula is C24H22N2O6. The van der Waals surface area contributed by atoms with Gasteiger partial charge in [0.1, 0.15) is 0 Å². The lowest BCUT2D eigenvalue weighted by atomic mass is 10.1. The summed E-state index contributed by atoms with van der Waals surface area (Å²) in [4.78, 5) is 44.2. The van der Waals surface area contributed by atoms with Gasteiger partial charge in [-0.15, -0.1) is 0 Å². The number of carboxylic acids is 2. The predicted molar refractivity (Wildman–Crippen MR) is 120 cm³/mol. The fourth-order valence-corrected chi connectivity index (χ4v) is 2.47. The maximum atomic E-state index is 11.6. The van der Waals surface area contributed by atoms with E-state index in [1.165, 1.54) is 0 Å². The summed E-state index contributed by atoms with van der Waals surface area (Å²) < 4.78 is 0. The Bertz CT molecular complexity index is 1060. The van der Waals surface area contributed by atoms with Crippen molar-refractivity contribution in [2.75, 3.05) is 10.6 Å². The van der Waals surface area contributed by atoms with Crippen molar-refractivity contribution in [3.8, 4) is 11.8 Å². The normalized spacial score (nSPS) is 10.1. The summed E-state index contributed by atoms with van der Waals surface area (Å²) in [5.74, 6) is 3.12. The molecule has 8 nitrogen and oxygen atoms in total. The number of anilines is 2. The number of rotatable bonds is 9. The molecule has 0 heterocycles. The highest BCUT2D eigenvalue weighted by atomic mass is 16.4. The third-order valence-corrected chi connectivity index (χ3v) is 4.07. The van der Waals surface area contributed by atoms with E-state index >= 15 is 0 Å². The number of hydrogen-bond donors (Lipinski definition) is 4. The van der Waals surface area contributed by atoms with E-state index in [1.807, 2.05) is 0 Å². The van der Waals surface area contributed by atoms with Gasteiger partial charge in [0, 0.05) is 29.8 Å². The Morgan fingerprint density at radius 1 is 0.719 bits per heavy atom. The van der Waals surface area contributed by atoms with Crippen molar-refractivity contribution in [2.24, 2.45) is 0 Å². The quantitative estimate of drug-likeness (QED) is 0.447. The fraction of sp³-hybridized carbons (Fsp3) is 0.167. The summed E-state index contributed by atoms with van der Waals surface area (Å²) in [6.07, 6.45) is 2.90. The van der Waals surface area contributed by atoms with E-state index in [9.17, 15) is 19.2 Å². The lowest BCUT2D eigenvalue weighted by Crippen LogP contribution is -2.13.